The molecule has 0 radical (unpaired) electrons. The number of hydrogen-bond acceptors (Lipinski definition) is 3. The highest BCUT2D eigenvalue weighted by atomic mass is 16.5. The van der Waals surface area contributed by atoms with Crippen LogP contribution in [0.25, 0.3) is 0 Å². The lowest BCUT2D eigenvalue weighted by Gasteiger charge is -2.28. The second-order valence-corrected chi connectivity index (χ2v) is 7.28. The fraction of sp³-hybridized carbons (Fsp3) is 0.611. The van der Waals surface area contributed by atoms with Crippen LogP contribution in [0.15, 0.2) is 18.2 Å². The van der Waals surface area contributed by atoms with Crippen LogP contribution < -0.4 is 10.1 Å². The largest absolute Gasteiger partial charge is 0.490 e. The number of nitrogens with zero attached hydrogens (tertiary/aromatic N) is 1. The fourth-order valence-corrected chi connectivity index (χ4v) is 2.33. The van der Waals surface area contributed by atoms with Crippen molar-refractivity contribution in [2.24, 2.45) is 0 Å². The molecular weight excluding hydrogens is 260 g/mol. The third kappa shape index (κ3) is 5.06. The zero-order chi connectivity index (χ0) is 16.3. The molecule has 0 bridgehead atoms. The predicted molar refractivity (Wildman–Crippen MR) is 87.7 cm³/mol. The van der Waals surface area contributed by atoms with Gasteiger partial charge in [0.15, 0.2) is 0 Å². The van der Waals surface area contributed by atoms with E-state index < -0.39 is 5.54 Å². The van der Waals surface area contributed by atoms with E-state index in [-0.39, 0.29) is 11.5 Å². The maximum Gasteiger partial charge on any atom is 0.138 e. The average molecular weight is 288 g/mol. The van der Waals surface area contributed by atoms with Gasteiger partial charge in [0.05, 0.1) is 6.07 Å². The van der Waals surface area contributed by atoms with Gasteiger partial charge in [0, 0.05) is 6.04 Å². The smallest absolute Gasteiger partial charge is 0.138 e. The van der Waals surface area contributed by atoms with E-state index in [1.54, 1.807) is 0 Å². The van der Waals surface area contributed by atoms with Gasteiger partial charge in [-0.25, -0.2) is 0 Å². The van der Waals surface area contributed by atoms with Crippen LogP contribution in [-0.2, 0) is 5.41 Å². The van der Waals surface area contributed by atoms with E-state index in [9.17, 15) is 5.26 Å². The Labute approximate surface area is 129 Å². The van der Waals surface area contributed by atoms with Crippen LogP contribution in [-0.4, -0.2) is 18.2 Å². The molecule has 0 saturated carbocycles. The minimum Gasteiger partial charge on any atom is -0.490 e. The molecule has 0 aliphatic carbocycles. The molecule has 3 nitrogen and oxygen atoms in total. The van der Waals surface area contributed by atoms with Gasteiger partial charge in [0.1, 0.15) is 17.9 Å². The Hall–Kier alpha value is -1.53. The van der Waals surface area contributed by atoms with Crippen LogP contribution in [0.3, 0.4) is 0 Å². The molecule has 21 heavy (non-hydrogen) atoms. The van der Waals surface area contributed by atoms with Gasteiger partial charge in [-0.1, -0.05) is 32.9 Å². The number of nitriles is 1. The number of rotatable bonds is 5. The zero-order valence-corrected chi connectivity index (χ0v) is 14.4. The summed E-state index contributed by atoms with van der Waals surface area (Å²) in [6.07, 6.45) is 0. The molecular formula is C18H28N2O. The van der Waals surface area contributed by atoms with Gasteiger partial charge in [-0.15, -0.1) is 0 Å². The van der Waals surface area contributed by atoms with Crippen molar-refractivity contribution in [3.05, 3.63) is 29.3 Å². The van der Waals surface area contributed by atoms with Crippen molar-refractivity contribution in [3.63, 3.8) is 0 Å². The van der Waals surface area contributed by atoms with Gasteiger partial charge in [-0.05, 0) is 50.3 Å². The molecule has 0 heterocycles. The third-order valence-electron chi connectivity index (χ3n) is 3.32. The molecule has 3 heteroatoms. The fourth-order valence-electron chi connectivity index (χ4n) is 2.33. The second-order valence-electron chi connectivity index (χ2n) is 7.28. The maximum absolute atomic E-state index is 9.40. The molecule has 116 valence electrons. The Kier molecular flexibility index (Phi) is 5.42. The van der Waals surface area contributed by atoms with Crippen LogP contribution in [0.5, 0.6) is 5.75 Å². The summed E-state index contributed by atoms with van der Waals surface area (Å²) in [6.45, 7) is 14.8. The van der Waals surface area contributed by atoms with E-state index in [1.165, 1.54) is 0 Å². The van der Waals surface area contributed by atoms with Crippen molar-refractivity contribution in [3.8, 4) is 11.8 Å². The first-order valence-corrected chi connectivity index (χ1v) is 7.50. The summed E-state index contributed by atoms with van der Waals surface area (Å²) in [7, 11) is 0. The monoisotopic (exact) mass is 288 g/mol. The highest BCUT2D eigenvalue weighted by Gasteiger charge is 2.27. The first kappa shape index (κ1) is 17.5. The van der Waals surface area contributed by atoms with Crippen LogP contribution in [0.4, 0.5) is 0 Å². The third-order valence-corrected chi connectivity index (χ3v) is 3.32. The Morgan fingerprint density at radius 2 is 1.86 bits per heavy atom. The number of nitrogens with one attached hydrogen (secondary N) is 1. The standard InChI is InChI=1S/C18H28N2O/c1-13(2)20-18(7,11-19)12-21-16-10-14(3)8-9-15(16)17(4,5)6/h8-10,13,20H,12H2,1-7H3. The first-order chi connectivity index (χ1) is 9.57. The van der Waals surface area contributed by atoms with E-state index in [4.69, 9.17) is 4.74 Å². The van der Waals surface area contributed by atoms with E-state index in [1.807, 2.05) is 26.8 Å². The van der Waals surface area contributed by atoms with Gasteiger partial charge in [-0.2, -0.15) is 5.26 Å². The van der Waals surface area contributed by atoms with Crippen LogP contribution in [0, 0.1) is 18.3 Å². The first-order valence-electron chi connectivity index (χ1n) is 7.50. The van der Waals surface area contributed by atoms with Gasteiger partial charge in [-0.3, -0.25) is 5.32 Å². The van der Waals surface area contributed by atoms with Gasteiger partial charge in [0.25, 0.3) is 0 Å². The summed E-state index contributed by atoms with van der Waals surface area (Å²) in [5.41, 5.74) is 1.65. The Morgan fingerprint density at radius 1 is 1.24 bits per heavy atom. The molecule has 1 unspecified atom stereocenters. The Balaban J connectivity index is 2.98. The molecule has 0 amide bonds. The predicted octanol–water partition coefficient (Wildman–Crippen LogP) is 3.95. The van der Waals surface area contributed by atoms with Crippen LogP contribution in [0.2, 0.25) is 0 Å². The summed E-state index contributed by atoms with van der Waals surface area (Å²) in [6, 6.07) is 8.82. The van der Waals surface area contributed by atoms with Gasteiger partial charge >= 0.3 is 0 Å². The number of hydrogen-bond donors (Lipinski definition) is 1. The van der Waals surface area contributed by atoms with Crippen molar-refractivity contribution in [2.45, 2.75) is 65.5 Å². The van der Waals surface area contributed by atoms with E-state index in [2.05, 4.69) is 51.2 Å². The molecule has 0 aromatic heterocycles. The molecule has 0 saturated heterocycles. The lowest BCUT2D eigenvalue weighted by Crippen LogP contribution is -2.49. The van der Waals surface area contributed by atoms with Gasteiger partial charge in [0.2, 0.25) is 0 Å². The molecule has 1 aromatic rings. The number of ether oxygens (including phenoxy) is 1. The molecule has 0 aliphatic rings. The van der Waals surface area contributed by atoms with Crippen molar-refractivity contribution in [1.29, 1.82) is 5.26 Å². The number of aryl methyl sites for hydroxylation is 1. The van der Waals surface area contributed by atoms with Crippen LogP contribution >= 0.6 is 0 Å². The Bertz CT molecular complexity index is 523. The lowest BCUT2D eigenvalue weighted by atomic mass is 9.86. The topological polar surface area (TPSA) is 45.0 Å². The summed E-state index contributed by atoms with van der Waals surface area (Å²) in [5.74, 6) is 0.870. The molecule has 0 fully saturated rings. The summed E-state index contributed by atoms with van der Waals surface area (Å²) >= 11 is 0. The van der Waals surface area contributed by atoms with Crippen molar-refractivity contribution in [2.75, 3.05) is 6.61 Å². The minimum atomic E-state index is -0.687. The maximum atomic E-state index is 9.40. The molecule has 0 spiro atoms. The van der Waals surface area contributed by atoms with E-state index >= 15 is 0 Å². The van der Waals surface area contributed by atoms with Crippen molar-refractivity contribution < 1.29 is 4.74 Å². The molecule has 0 aliphatic heterocycles. The van der Waals surface area contributed by atoms with E-state index in [0.29, 0.717) is 6.61 Å². The summed E-state index contributed by atoms with van der Waals surface area (Å²) in [4.78, 5) is 0. The SMILES string of the molecule is Cc1ccc(C(C)(C)C)c(OCC(C)(C#N)NC(C)C)c1. The Morgan fingerprint density at radius 3 is 2.33 bits per heavy atom. The quantitative estimate of drug-likeness (QED) is 0.892. The highest BCUT2D eigenvalue weighted by molar-refractivity contribution is 5.41. The molecule has 1 N–H and O–H groups in total. The lowest BCUT2D eigenvalue weighted by molar-refractivity contribution is 0.221. The summed E-state index contributed by atoms with van der Waals surface area (Å²) < 4.78 is 6.02. The number of benzene rings is 1. The zero-order valence-electron chi connectivity index (χ0n) is 14.4. The molecule has 1 aromatic carbocycles. The van der Waals surface area contributed by atoms with Crippen molar-refractivity contribution >= 4 is 0 Å². The van der Waals surface area contributed by atoms with Crippen molar-refractivity contribution in [1.82, 2.24) is 5.32 Å². The summed E-state index contributed by atoms with van der Waals surface area (Å²) in [5, 5.41) is 12.7. The molecule has 1 atom stereocenters. The molecule has 1 rings (SSSR count). The normalized spacial score (nSPS) is 14.6. The van der Waals surface area contributed by atoms with Gasteiger partial charge < -0.3 is 4.74 Å². The second kappa shape index (κ2) is 6.49. The average Bonchev–Trinajstić information content (AvgIpc) is 2.34. The van der Waals surface area contributed by atoms with E-state index in [0.717, 1.165) is 16.9 Å². The minimum absolute atomic E-state index is 0.0115. The van der Waals surface area contributed by atoms with Crippen LogP contribution in [0.1, 0.15) is 52.7 Å². The highest BCUT2D eigenvalue weighted by Crippen LogP contribution is 2.32.